The van der Waals surface area contributed by atoms with Crippen LogP contribution in [0.25, 0.3) is 0 Å². The van der Waals surface area contributed by atoms with Crippen molar-refractivity contribution in [2.75, 3.05) is 19.6 Å². The summed E-state index contributed by atoms with van der Waals surface area (Å²) >= 11 is 0. The van der Waals surface area contributed by atoms with Crippen molar-refractivity contribution in [3.8, 4) is 0 Å². The van der Waals surface area contributed by atoms with Crippen molar-refractivity contribution in [2.45, 2.75) is 57.6 Å². The van der Waals surface area contributed by atoms with Crippen LogP contribution >= 0.6 is 12.4 Å². The molecule has 0 aromatic carbocycles. The van der Waals surface area contributed by atoms with Crippen LogP contribution in [0.15, 0.2) is 0 Å². The van der Waals surface area contributed by atoms with Crippen LogP contribution < -0.4 is 5.32 Å². The summed E-state index contributed by atoms with van der Waals surface area (Å²) < 4.78 is 5.52. The number of piperazine rings is 1. The van der Waals surface area contributed by atoms with Crippen LogP contribution in [-0.4, -0.2) is 41.8 Å². The third kappa shape index (κ3) is 3.29. The van der Waals surface area contributed by atoms with E-state index in [9.17, 15) is 4.79 Å². The summed E-state index contributed by atoms with van der Waals surface area (Å²) in [7, 11) is 0. The Kier molecular flexibility index (Phi) is 4.90. The molecule has 18 heavy (non-hydrogen) atoms. The minimum absolute atomic E-state index is 0. The molecule has 1 aliphatic heterocycles. The van der Waals surface area contributed by atoms with Crippen molar-refractivity contribution >= 4 is 18.5 Å². The summed E-state index contributed by atoms with van der Waals surface area (Å²) in [5, 5.41) is 3.42. The Labute approximate surface area is 116 Å². The van der Waals surface area contributed by atoms with E-state index >= 15 is 0 Å². The van der Waals surface area contributed by atoms with E-state index in [0.717, 1.165) is 32.5 Å². The number of rotatable bonds is 0. The molecule has 0 radical (unpaired) electrons. The first-order valence-corrected chi connectivity index (χ1v) is 6.64. The molecule has 1 heterocycles. The van der Waals surface area contributed by atoms with Crippen LogP contribution in [-0.2, 0) is 4.74 Å². The molecule has 2 rings (SSSR count). The van der Waals surface area contributed by atoms with Crippen LogP contribution in [0.3, 0.4) is 0 Å². The highest BCUT2D eigenvalue weighted by Crippen LogP contribution is 2.36. The van der Waals surface area contributed by atoms with E-state index in [1.807, 2.05) is 25.7 Å². The van der Waals surface area contributed by atoms with Gasteiger partial charge in [-0.1, -0.05) is 12.8 Å². The van der Waals surface area contributed by atoms with Crippen LogP contribution in [0.4, 0.5) is 4.79 Å². The zero-order valence-corrected chi connectivity index (χ0v) is 12.4. The highest BCUT2D eigenvalue weighted by molar-refractivity contribution is 5.85. The van der Waals surface area contributed by atoms with Gasteiger partial charge < -0.3 is 10.1 Å². The van der Waals surface area contributed by atoms with Gasteiger partial charge in [0, 0.05) is 19.6 Å². The van der Waals surface area contributed by atoms with Gasteiger partial charge in [-0.05, 0) is 33.6 Å². The number of amides is 1. The van der Waals surface area contributed by atoms with Gasteiger partial charge in [0.15, 0.2) is 0 Å². The third-order valence-corrected chi connectivity index (χ3v) is 3.69. The predicted molar refractivity (Wildman–Crippen MR) is 74.3 cm³/mol. The molecular formula is C13H25ClN2O2. The Hall–Kier alpha value is -0.480. The fraction of sp³-hybridized carbons (Fsp3) is 0.923. The molecule has 1 aliphatic carbocycles. The zero-order valence-electron chi connectivity index (χ0n) is 11.6. The third-order valence-electron chi connectivity index (χ3n) is 3.69. The molecule has 0 unspecified atom stereocenters. The molecule has 1 saturated heterocycles. The lowest BCUT2D eigenvalue weighted by Gasteiger charge is -2.45. The molecule has 1 saturated carbocycles. The fourth-order valence-electron chi connectivity index (χ4n) is 2.93. The first kappa shape index (κ1) is 15.6. The lowest BCUT2D eigenvalue weighted by Crippen LogP contribution is -2.62. The van der Waals surface area contributed by atoms with Gasteiger partial charge in [-0.15, -0.1) is 12.4 Å². The molecule has 106 valence electrons. The predicted octanol–water partition coefficient (Wildman–Crippen LogP) is 2.56. The van der Waals surface area contributed by atoms with Crippen molar-refractivity contribution in [3.63, 3.8) is 0 Å². The molecule has 0 atom stereocenters. The Morgan fingerprint density at radius 2 is 1.89 bits per heavy atom. The van der Waals surface area contributed by atoms with Crippen molar-refractivity contribution in [3.05, 3.63) is 0 Å². The van der Waals surface area contributed by atoms with Crippen LogP contribution in [0.5, 0.6) is 0 Å². The van der Waals surface area contributed by atoms with Gasteiger partial charge in [0.05, 0.1) is 5.54 Å². The van der Waals surface area contributed by atoms with Crippen LogP contribution in [0, 0.1) is 0 Å². The van der Waals surface area contributed by atoms with E-state index in [1.165, 1.54) is 12.8 Å². The van der Waals surface area contributed by atoms with Gasteiger partial charge in [0.25, 0.3) is 0 Å². The number of hydrogen-bond donors (Lipinski definition) is 1. The number of nitrogens with one attached hydrogen (secondary N) is 1. The fourth-order valence-corrected chi connectivity index (χ4v) is 2.93. The van der Waals surface area contributed by atoms with E-state index in [2.05, 4.69) is 5.32 Å². The highest BCUT2D eigenvalue weighted by atomic mass is 35.5. The minimum Gasteiger partial charge on any atom is -0.444 e. The molecule has 5 heteroatoms. The van der Waals surface area contributed by atoms with Gasteiger partial charge in [0.2, 0.25) is 0 Å². The van der Waals surface area contributed by atoms with Gasteiger partial charge in [-0.2, -0.15) is 0 Å². The Morgan fingerprint density at radius 1 is 1.28 bits per heavy atom. The number of ether oxygens (including phenoxy) is 1. The Morgan fingerprint density at radius 3 is 2.44 bits per heavy atom. The maximum atomic E-state index is 12.3. The summed E-state index contributed by atoms with van der Waals surface area (Å²) in [5.74, 6) is 0. The molecule has 1 spiro atoms. The largest absolute Gasteiger partial charge is 0.444 e. The molecule has 0 aromatic rings. The first-order chi connectivity index (χ1) is 7.93. The second kappa shape index (κ2) is 5.66. The van der Waals surface area contributed by atoms with E-state index in [1.54, 1.807) is 0 Å². The molecule has 2 fully saturated rings. The lowest BCUT2D eigenvalue weighted by molar-refractivity contribution is -0.00976. The molecular weight excluding hydrogens is 252 g/mol. The van der Waals surface area contributed by atoms with Crippen LogP contribution in [0.2, 0.25) is 0 Å². The highest BCUT2D eigenvalue weighted by Gasteiger charge is 2.44. The second-order valence-electron chi connectivity index (χ2n) is 6.24. The van der Waals surface area contributed by atoms with Gasteiger partial charge in [-0.25, -0.2) is 4.79 Å². The average Bonchev–Trinajstić information content (AvgIpc) is 2.65. The van der Waals surface area contributed by atoms with Crippen molar-refractivity contribution in [2.24, 2.45) is 0 Å². The number of nitrogens with zero attached hydrogens (tertiary/aromatic N) is 1. The summed E-state index contributed by atoms with van der Waals surface area (Å²) in [4.78, 5) is 14.2. The molecule has 0 bridgehead atoms. The molecule has 0 aromatic heterocycles. The number of carbonyl (C=O) groups is 1. The van der Waals surface area contributed by atoms with E-state index in [0.29, 0.717) is 0 Å². The second-order valence-corrected chi connectivity index (χ2v) is 6.24. The number of halogens is 1. The van der Waals surface area contributed by atoms with Gasteiger partial charge in [0.1, 0.15) is 5.60 Å². The summed E-state index contributed by atoms with van der Waals surface area (Å²) in [6.07, 6.45) is 4.53. The maximum Gasteiger partial charge on any atom is 0.410 e. The van der Waals surface area contributed by atoms with E-state index in [-0.39, 0.29) is 24.0 Å². The first-order valence-electron chi connectivity index (χ1n) is 6.64. The summed E-state index contributed by atoms with van der Waals surface area (Å²) in [6.45, 7) is 8.35. The number of hydrogen-bond acceptors (Lipinski definition) is 3. The maximum absolute atomic E-state index is 12.3. The summed E-state index contributed by atoms with van der Waals surface area (Å²) in [6, 6.07) is 0. The average molecular weight is 277 g/mol. The SMILES string of the molecule is CC(C)(C)OC(=O)N1CCNCC12CCCC2.Cl. The van der Waals surface area contributed by atoms with Crippen molar-refractivity contribution in [1.29, 1.82) is 0 Å². The zero-order chi connectivity index (χ0) is 12.5. The summed E-state index contributed by atoms with van der Waals surface area (Å²) in [5.41, 5.74) is -0.373. The lowest BCUT2D eigenvalue weighted by atomic mass is 9.93. The normalized spacial score (nSPS) is 22.7. The molecule has 2 aliphatic rings. The van der Waals surface area contributed by atoms with E-state index in [4.69, 9.17) is 4.74 Å². The number of carbonyl (C=O) groups excluding carboxylic acids is 1. The monoisotopic (exact) mass is 276 g/mol. The van der Waals surface area contributed by atoms with Crippen molar-refractivity contribution < 1.29 is 9.53 Å². The smallest absolute Gasteiger partial charge is 0.410 e. The standard InChI is InChI=1S/C13H24N2O2.ClH/c1-12(2,3)17-11(16)15-9-8-14-10-13(15)6-4-5-7-13;/h14H,4-10H2,1-3H3;1H. The molecule has 4 nitrogen and oxygen atoms in total. The van der Waals surface area contributed by atoms with Crippen molar-refractivity contribution in [1.82, 2.24) is 10.2 Å². The quantitative estimate of drug-likeness (QED) is 0.739. The van der Waals surface area contributed by atoms with Gasteiger partial charge in [-0.3, -0.25) is 4.90 Å². The molecule has 1 amide bonds. The van der Waals surface area contributed by atoms with Crippen LogP contribution in [0.1, 0.15) is 46.5 Å². The minimum atomic E-state index is -0.401. The van der Waals surface area contributed by atoms with Gasteiger partial charge >= 0.3 is 6.09 Å². The Bertz CT molecular complexity index is 296. The van der Waals surface area contributed by atoms with E-state index < -0.39 is 5.60 Å². The Balaban J connectivity index is 0.00000162. The molecule has 1 N–H and O–H groups in total. The topological polar surface area (TPSA) is 41.6 Å².